The summed E-state index contributed by atoms with van der Waals surface area (Å²) in [5, 5.41) is 9.93. The number of carbonyl (C=O) groups excluding carboxylic acids is 1. The predicted molar refractivity (Wildman–Crippen MR) is 121 cm³/mol. The van der Waals surface area contributed by atoms with Gasteiger partial charge in [0.2, 0.25) is 0 Å². The maximum atomic E-state index is 12.5. The zero-order valence-electron chi connectivity index (χ0n) is 17.7. The standard InChI is InChI=1S/C24H26N4O3/c1-30-22-12-11-17(15-23(22)31-2)20-10-6-14-28(27-20)16-18-7-3-4-8-19(18)26-24(29)21-9-5-13-25-21/h3-5,7-9,11-13,15,25H,6,10,14,16H2,1-2H3,(H,26,29). The van der Waals surface area contributed by atoms with Crippen LogP contribution in [0.3, 0.4) is 0 Å². The monoisotopic (exact) mass is 418 g/mol. The Labute approximate surface area is 181 Å². The van der Waals surface area contributed by atoms with Crippen molar-refractivity contribution in [3.63, 3.8) is 0 Å². The quantitative estimate of drug-likeness (QED) is 0.600. The van der Waals surface area contributed by atoms with Gasteiger partial charge < -0.3 is 19.8 Å². The van der Waals surface area contributed by atoms with Gasteiger partial charge in [0.1, 0.15) is 5.69 Å². The largest absolute Gasteiger partial charge is 0.493 e. The summed E-state index contributed by atoms with van der Waals surface area (Å²) in [5.74, 6) is 1.23. The summed E-state index contributed by atoms with van der Waals surface area (Å²) in [5.41, 5.74) is 4.37. The predicted octanol–water partition coefficient (Wildman–Crippen LogP) is 4.28. The number of aromatic amines is 1. The molecule has 0 atom stereocenters. The highest BCUT2D eigenvalue weighted by Crippen LogP contribution is 2.29. The van der Waals surface area contributed by atoms with Crippen LogP contribution in [0.4, 0.5) is 5.69 Å². The summed E-state index contributed by atoms with van der Waals surface area (Å²) < 4.78 is 10.8. The Bertz CT molecular complexity index is 1080. The van der Waals surface area contributed by atoms with Crippen LogP contribution in [0.2, 0.25) is 0 Å². The maximum absolute atomic E-state index is 12.5. The van der Waals surface area contributed by atoms with Crippen molar-refractivity contribution in [3.05, 3.63) is 77.6 Å². The molecule has 31 heavy (non-hydrogen) atoms. The highest BCUT2D eigenvalue weighted by Gasteiger charge is 2.17. The number of nitrogens with zero attached hydrogens (tertiary/aromatic N) is 2. The Kier molecular flexibility index (Phi) is 6.21. The van der Waals surface area contributed by atoms with Gasteiger partial charge in [0, 0.05) is 24.0 Å². The Morgan fingerprint density at radius 2 is 1.94 bits per heavy atom. The second-order valence-electron chi connectivity index (χ2n) is 7.30. The lowest BCUT2D eigenvalue weighted by molar-refractivity contribution is 0.102. The number of rotatable bonds is 7. The Morgan fingerprint density at radius 3 is 2.71 bits per heavy atom. The number of hydrogen-bond donors (Lipinski definition) is 2. The van der Waals surface area contributed by atoms with Crippen LogP contribution in [-0.2, 0) is 6.54 Å². The van der Waals surface area contributed by atoms with Crippen molar-refractivity contribution < 1.29 is 14.3 Å². The van der Waals surface area contributed by atoms with Crippen LogP contribution in [0.25, 0.3) is 0 Å². The molecule has 0 radical (unpaired) electrons. The number of para-hydroxylation sites is 1. The first-order valence-electron chi connectivity index (χ1n) is 10.3. The number of anilines is 1. The van der Waals surface area contributed by atoms with Crippen LogP contribution in [0.1, 0.15) is 34.5 Å². The Morgan fingerprint density at radius 1 is 1.10 bits per heavy atom. The van der Waals surface area contributed by atoms with Gasteiger partial charge in [0.25, 0.3) is 5.91 Å². The number of amides is 1. The molecule has 0 bridgehead atoms. The second kappa shape index (κ2) is 9.38. The molecule has 7 heteroatoms. The summed E-state index contributed by atoms with van der Waals surface area (Å²) >= 11 is 0. The third-order valence-electron chi connectivity index (χ3n) is 5.27. The van der Waals surface area contributed by atoms with Gasteiger partial charge in [-0.3, -0.25) is 9.80 Å². The molecule has 2 N–H and O–H groups in total. The topological polar surface area (TPSA) is 79.0 Å². The molecule has 0 spiro atoms. The molecule has 0 aliphatic carbocycles. The number of carbonyl (C=O) groups is 1. The van der Waals surface area contributed by atoms with Gasteiger partial charge in [0.05, 0.1) is 26.5 Å². The van der Waals surface area contributed by atoms with Gasteiger partial charge in [0.15, 0.2) is 11.5 Å². The van der Waals surface area contributed by atoms with Gasteiger partial charge in [-0.15, -0.1) is 0 Å². The zero-order chi connectivity index (χ0) is 21.6. The number of hydrazone groups is 1. The summed E-state index contributed by atoms with van der Waals surface area (Å²) in [6.07, 6.45) is 3.64. The molecule has 0 unspecified atom stereocenters. The molecule has 1 amide bonds. The average Bonchev–Trinajstić information content (AvgIpc) is 3.35. The first kappa shape index (κ1) is 20.5. The van der Waals surface area contributed by atoms with E-state index in [1.54, 1.807) is 32.5 Å². The molecule has 0 saturated carbocycles. The summed E-state index contributed by atoms with van der Waals surface area (Å²) in [7, 11) is 3.26. The van der Waals surface area contributed by atoms with E-state index in [2.05, 4.69) is 15.3 Å². The molecular weight excluding hydrogens is 392 g/mol. The molecule has 160 valence electrons. The van der Waals surface area contributed by atoms with Gasteiger partial charge in [-0.25, -0.2) is 0 Å². The van der Waals surface area contributed by atoms with Crippen molar-refractivity contribution >= 4 is 17.3 Å². The molecule has 1 aromatic heterocycles. The fourth-order valence-corrected chi connectivity index (χ4v) is 3.67. The van der Waals surface area contributed by atoms with Crippen LogP contribution in [0.5, 0.6) is 11.5 Å². The van der Waals surface area contributed by atoms with Crippen molar-refractivity contribution in [2.24, 2.45) is 5.10 Å². The van der Waals surface area contributed by atoms with Crippen molar-refractivity contribution in [1.29, 1.82) is 0 Å². The molecule has 1 aliphatic rings. The van der Waals surface area contributed by atoms with E-state index in [9.17, 15) is 4.79 Å². The maximum Gasteiger partial charge on any atom is 0.272 e. The summed E-state index contributed by atoms with van der Waals surface area (Å²) in [4.78, 5) is 15.4. The number of benzene rings is 2. The van der Waals surface area contributed by atoms with Crippen LogP contribution in [0.15, 0.2) is 65.9 Å². The molecular formula is C24H26N4O3. The van der Waals surface area contributed by atoms with E-state index >= 15 is 0 Å². The lowest BCUT2D eigenvalue weighted by atomic mass is 10.0. The highest BCUT2D eigenvalue weighted by molar-refractivity contribution is 6.03. The molecule has 3 aromatic rings. The van der Waals surface area contributed by atoms with E-state index in [0.717, 1.165) is 41.9 Å². The first-order valence-corrected chi connectivity index (χ1v) is 10.3. The van der Waals surface area contributed by atoms with Crippen molar-refractivity contribution in [3.8, 4) is 11.5 Å². The minimum atomic E-state index is -0.161. The first-order chi connectivity index (χ1) is 15.2. The summed E-state index contributed by atoms with van der Waals surface area (Å²) in [6.45, 7) is 1.47. The SMILES string of the molecule is COc1ccc(C2=NN(Cc3ccccc3NC(=O)c3ccc[nH]3)CCC2)cc1OC. The highest BCUT2D eigenvalue weighted by atomic mass is 16.5. The van der Waals surface area contributed by atoms with E-state index in [0.29, 0.717) is 23.7 Å². The summed E-state index contributed by atoms with van der Waals surface area (Å²) in [6, 6.07) is 17.3. The third kappa shape index (κ3) is 4.71. The number of ether oxygens (including phenoxy) is 2. The molecule has 4 rings (SSSR count). The fraction of sp³-hybridized carbons (Fsp3) is 0.250. The minimum absolute atomic E-state index is 0.161. The number of H-pyrrole nitrogens is 1. The van der Waals surface area contributed by atoms with E-state index in [-0.39, 0.29) is 5.91 Å². The van der Waals surface area contributed by atoms with Crippen molar-refractivity contribution in [2.45, 2.75) is 19.4 Å². The normalized spacial score (nSPS) is 13.5. The number of hydrogen-bond acceptors (Lipinski definition) is 5. The number of methoxy groups -OCH3 is 2. The second-order valence-corrected chi connectivity index (χ2v) is 7.30. The van der Waals surface area contributed by atoms with Gasteiger partial charge in [-0.1, -0.05) is 18.2 Å². The van der Waals surface area contributed by atoms with E-state index in [1.165, 1.54) is 0 Å². The molecule has 0 saturated heterocycles. The van der Waals surface area contributed by atoms with Crippen molar-refractivity contribution in [2.75, 3.05) is 26.1 Å². The van der Waals surface area contributed by atoms with Gasteiger partial charge >= 0.3 is 0 Å². The van der Waals surface area contributed by atoms with Gasteiger partial charge in [-0.2, -0.15) is 5.10 Å². The van der Waals surface area contributed by atoms with Crippen LogP contribution >= 0.6 is 0 Å². The molecule has 1 aliphatic heterocycles. The van der Waals surface area contributed by atoms with E-state index in [1.807, 2.05) is 42.5 Å². The molecule has 2 aromatic carbocycles. The van der Waals surface area contributed by atoms with Crippen LogP contribution in [-0.4, -0.2) is 42.4 Å². The average molecular weight is 418 g/mol. The number of aromatic nitrogens is 1. The minimum Gasteiger partial charge on any atom is -0.493 e. The van der Waals surface area contributed by atoms with E-state index < -0.39 is 0 Å². The van der Waals surface area contributed by atoms with Crippen molar-refractivity contribution in [1.82, 2.24) is 9.99 Å². The molecule has 0 fully saturated rings. The molecule has 2 heterocycles. The third-order valence-corrected chi connectivity index (χ3v) is 5.27. The lowest BCUT2D eigenvalue weighted by Crippen LogP contribution is -2.26. The van der Waals surface area contributed by atoms with Gasteiger partial charge in [-0.05, 0) is 54.8 Å². The lowest BCUT2D eigenvalue weighted by Gasteiger charge is -2.26. The van der Waals surface area contributed by atoms with Crippen LogP contribution < -0.4 is 14.8 Å². The fourth-order valence-electron chi connectivity index (χ4n) is 3.67. The van der Waals surface area contributed by atoms with Crippen LogP contribution in [0, 0.1) is 0 Å². The number of nitrogens with one attached hydrogen (secondary N) is 2. The smallest absolute Gasteiger partial charge is 0.272 e. The van der Waals surface area contributed by atoms with E-state index in [4.69, 9.17) is 14.6 Å². The molecule has 7 nitrogen and oxygen atoms in total. The Balaban J connectivity index is 1.53. The Hall–Kier alpha value is -3.74. The zero-order valence-corrected chi connectivity index (χ0v) is 17.7.